The fraction of sp³-hybridized carbons (Fsp3) is 0.615. The van der Waals surface area contributed by atoms with Crippen molar-refractivity contribution in [3.8, 4) is 5.95 Å². The molecule has 0 fully saturated rings. The van der Waals surface area contributed by atoms with Crippen molar-refractivity contribution < 1.29 is 0 Å². The molecule has 0 unspecified atom stereocenters. The molecule has 0 aliphatic heterocycles. The Morgan fingerprint density at radius 2 is 1.71 bits per heavy atom. The van der Waals surface area contributed by atoms with Crippen molar-refractivity contribution in [3.05, 3.63) is 11.6 Å². The van der Waals surface area contributed by atoms with E-state index in [0.717, 1.165) is 25.5 Å². The van der Waals surface area contributed by atoms with E-state index in [0.29, 0.717) is 23.7 Å². The first kappa shape index (κ1) is 15.1. The van der Waals surface area contributed by atoms with E-state index < -0.39 is 0 Å². The van der Waals surface area contributed by atoms with E-state index in [1.54, 1.807) is 4.68 Å². The highest BCUT2D eigenvalue weighted by Gasteiger charge is 2.14. The van der Waals surface area contributed by atoms with Crippen LogP contribution < -0.4 is 10.2 Å². The van der Waals surface area contributed by atoms with Gasteiger partial charge in [-0.15, -0.1) is 5.10 Å². The molecular weight excluding hydrogens is 268 g/mol. The Hall–Kier alpha value is -2.25. The van der Waals surface area contributed by atoms with Crippen LogP contribution in [0.1, 0.15) is 32.4 Å². The largest absolute Gasteiger partial charge is 0.354 e. The number of nitrogens with zero attached hydrogens (tertiary/aromatic N) is 7. The molecule has 21 heavy (non-hydrogen) atoms. The quantitative estimate of drug-likeness (QED) is 0.859. The summed E-state index contributed by atoms with van der Waals surface area (Å²) in [5.41, 5.74) is 0. The molecule has 0 spiro atoms. The Morgan fingerprint density at radius 3 is 2.24 bits per heavy atom. The Morgan fingerprint density at radius 1 is 1.00 bits per heavy atom. The smallest absolute Gasteiger partial charge is 0.258 e. The summed E-state index contributed by atoms with van der Waals surface area (Å²) in [4.78, 5) is 19.8. The van der Waals surface area contributed by atoms with E-state index in [9.17, 15) is 0 Å². The van der Waals surface area contributed by atoms with Gasteiger partial charge in [0.2, 0.25) is 11.9 Å². The molecule has 0 saturated carbocycles. The number of rotatable bonds is 6. The Labute approximate surface area is 124 Å². The minimum atomic E-state index is 0.487. The minimum Gasteiger partial charge on any atom is -0.354 e. The second kappa shape index (κ2) is 6.47. The number of aromatic nitrogens is 6. The van der Waals surface area contributed by atoms with Gasteiger partial charge in [-0.05, 0) is 34.6 Å². The van der Waals surface area contributed by atoms with E-state index in [1.807, 2.05) is 20.8 Å². The van der Waals surface area contributed by atoms with Crippen LogP contribution in [0.5, 0.6) is 0 Å². The first-order chi connectivity index (χ1) is 10.1. The maximum atomic E-state index is 4.53. The van der Waals surface area contributed by atoms with Crippen molar-refractivity contribution in [3.63, 3.8) is 0 Å². The number of anilines is 2. The molecule has 114 valence electrons. The van der Waals surface area contributed by atoms with Gasteiger partial charge in [-0.3, -0.25) is 0 Å². The van der Waals surface area contributed by atoms with Crippen LogP contribution in [0.25, 0.3) is 5.95 Å². The highest BCUT2D eigenvalue weighted by molar-refractivity contribution is 5.40. The zero-order valence-corrected chi connectivity index (χ0v) is 13.3. The predicted octanol–water partition coefficient (Wildman–Crippen LogP) is 1.35. The van der Waals surface area contributed by atoms with Crippen LogP contribution in [-0.2, 0) is 0 Å². The molecule has 0 amide bonds. The third-order valence-electron chi connectivity index (χ3n) is 3.06. The van der Waals surface area contributed by atoms with Gasteiger partial charge < -0.3 is 10.2 Å². The number of hydrogen-bond acceptors (Lipinski definition) is 7. The van der Waals surface area contributed by atoms with Crippen molar-refractivity contribution in [1.29, 1.82) is 0 Å². The molecule has 8 heteroatoms. The SMILES string of the molecule is CCNc1nc(N(CC)CC)nc(-n2nc(C)nc2C)n1. The lowest BCUT2D eigenvalue weighted by atomic mass is 10.5. The maximum absolute atomic E-state index is 4.53. The zero-order valence-electron chi connectivity index (χ0n) is 13.3. The lowest BCUT2D eigenvalue weighted by Gasteiger charge is -2.19. The van der Waals surface area contributed by atoms with Crippen molar-refractivity contribution in [2.24, 2.45) is 0 Å². The average molecular weight is 290 g/mol. The molecule has 8 nitrogen and oxygen atoms in total. The van der Waals surface area contributed by atoms with Gasteiger partial charge >= 0.3 is 0 Å². The maximum Gasteiger partial charge on any atom is 0.258 e. The van der Waals surface area contributed by atoms with Gasteiger partial charge in [0, 0.05) is 19.6 Å². The van der Waals surface area contributed by atoms with E-state index in [2.05, 4.69) is 49.1 Å². The van der Waals surface area contributed by atoms with Crippen molar-refractivity contribution in [2.45, 2.75) is 34.6 Å². The Kier molecular flexibility index (Phi) is 4.66. The van der Waals surface area contributed by atoms with Gasteiger partial charge in [0.1, 0.15) is 11.6 Å². The summed E-state index contributed by atoms with van der Waals surface area (Å²) in [6.45, 7) is 12.3. The molecule has 2 aromatic rings. The Bertz CT molecular complexity index is 602. The summed E-state index contributed by atoms with van der Waals surface area (Å²) in [5, 5.41) is 7.48. The van der Waals surface area contributed by atoms with Crippen molar-refractivity contribution in [1.82, 2.24) is 29.7 Å². The molecule has 1 N–H and O–H groups in total. The highest BCUT2D eigenvalue weighted by atomic mass is 15.4. The topological polar surface area (TPSA) is 84.7 Å². The van der Waals surface area contributed by atoms with Crippen LogP contribution in [0.15, 0.2) is 0 Å². The van der Waals surface area contributed by atoms with Crippen LogP contribution >= 0.6 is 0 Å². The molecule has 2 rings (SSSR count). The molecule has 0 radical (unpaired) electrons. The van der Waals surface area contributed by atoms with Crippen molar-refractivity contribution >= 4 is 11.9 Å². The van der Waals surface area contributed by atoms with E-state index in [1.165, 1.54) is 0 Å². The molecule has 0 saturated heterocycles. The van der Waals surface area contributed by atoms with Gasteiger partial charge in [-0.2, -0.15) is 19.6 Å². The second-order valence-electron chi connectivity index (χ2n) is 4.58. The molecule has 0 aliphatic carbocycles. The van der Waals surface area contributed by atoms with E-state index >= 15 is 0 Å². The summed E-state index contributed by atoms with van der Waals surface area (Å²) in [6, 6.07) is 0. The molecule has 2 aromatic heterocycles. The summed E-state index contributed by atoms with van der Waals surface area (Å²) in [7, 11) is 0. The monoisotopic (exact) mass is 290 g/mol. The Balaban J connectivity index is 2.51. The van der Waals surface area contributed by atoms with Gasteiger partial charge in [0.25, 0.3) is 5.95 Å². The third kappa shape index (κ3) is 3.26. The van der Waals surface area contributed by atoms with Gasteiger partial charge in [0.15, 0.2) is 0 Å². The minimum absolute atomic E-state index is 0.487. The van der Waals surface area contributed by atoms with Gasteiger partial charge in [-0.1, -0.05) is 0 Å². The fourth-order valence-corrected chi connectivity index (χ4v) is 2.04. The number of nitrogens with one attached hydrogen (secondary N) is 1. The molecule has 0 bridgehead atoms. The second-order valence-corrected chi connectivity index (χ2v) is 4.58. The standard InChI is InChI=1S/C13H22N8/c1-6-14-11-16-12(20(7-2)8-3)18-13(17-11)21-10(5)15-9(4)19-21/h6-8H2,1-5H3,(H,14,16,17,18). The zero-order chi connectivity index (χ0) is 15.4. The van der Waals surface area contributed by atoms with Crippen LogP contribution in [-0.4, -0.2) is 49.4 Å². The summed E-state index contributed by atoms with van der Waals surface area (Å²) in [5.74, 6) is 3.14. The fourth-order valence-electron chi connectivity index (χ4n) is 2.04. The molecule has 0 atom stereocenters. The normalized spacial score (nSPS) is 10.7. The number of hydrogen-bond donors (Lipinski definition) is 1. The molecule has 0 aliphatic rings. The number of aryl methyl sites for hydroxylation is 2. The van der Waals surface area contributed by atoms with E-state index in [-0.39, 0.29) is 0 Å². The van der Waals surface area contributed by atoms with Crippen LogP contribution in [0.4, 0.5) is 11.9 Å². The lowest BCUT2D eigenvalue weighted by molar-refractivity contribution is 0.742. The summed E-state index contributed by atoms with van der Waals surface area (Å²) < 4.78 is 1.64. The van der Waals surface area contributed by atoms with Crippen LogP contribution in [0.3, 0.4) is 0 Å². The predicted molar refractivity (Wildman–Crippen MR) is 81.9 cm³/mol. The molecule has 2 heterocycles. The molecular formula is C13H22N8. The first-order valence-corrected chi connectivity index (χ1v) is 7.24. The summed E-state index contributed by atoms with van der Waals surface area (Å²) in [6.07, 6.45) is 0. The highest BCUT2D eigenvalue weighted by Crippen LogP contribution is 2.14. The lowest BCUT2D eigenvalue weighted by Crippen LogP contribution is -2.26. The summed E-state index contributed by atoms with van der Waals surface area (Å²) >= 11 is 0. The van der Waals surface area contributed by atoms with Crippen LogP contribution in [0.2, 0.25) is 0 Å². The van der Waals surface area contributed by atoms with E-state index in [4.69, 9.17) is 0 Å². The average Bonchev–Trinajstić information content (AvgIpc) is 2.79. The van der Waals surface area contributed by atoms with Crippen LogP contribution in [0, 0.1) is 13.8 Å². The van der Waals surface area contributed by atoms with Crippen molar-refractivity contribution in [2.75, 3.05) is 29.9 Å². The van der Waals surface area contributed by atoms with Gasteiger partial charge in [-0.25, -0.2) is 4.98 Å². The van der Waals surface area contributed by atoms with Gasteiger partial charge in [0.05, 0.1) is 0 Å². The third-order valence-corrected chi connectivity index (χ3v) is 3.06. The first-order valence-electron chi connectivity index (χ1n) is 7.24. The molecule has 0 aromatic carbocycles.